The highest BCUT2D eigenvalue weighted by molar-refractivity contribution is 6.02. The molecule has 7 heteroatoms. The molecule has 146 valence electrons. The number of rotatable bonds is 5. The lowest BCUT2D eigenvalue weighted by atomic mass is 9.86. The van der Waals surface area contributed by atoms with Crippen LogP contribution in [0, 0.1) is 0 Å². The van der Waals surface area contributed by atoms with Crippen LogP contribution >= 0.6 is 0 Å². The molecule has 1 saturated heterocycles. The summed E-state index contributed by atoms with van der Waals surface area (Å²) in [6.45, 7) is 0.236. The van der Waals surface area contributed by atoms with Crippen LogP contribution in [0.5, 0.6) is 5.75 Å². The molecular formula is C21H21FN2O4. The summed E-state index contributed by atoms with van der Waals surface area (Å²) >= 11 is 0. The first-order valence-corrected chi connectivity index (χ1v) is 9.18. The van der Waals surface area contributed by atoms with E-state index in [1.807, 2.05) is 30.3 Å². The molecule has 2 aromatic rings. The Balaban J connectivity index is 1.80. The van der Waals surface area contributed by atoms with Crippen LogP contribution in [-0.4, -0.2) is 50.9 Å². The molecule has 2 aromatic carbocycles. The molecule has 2 amide bonds. The van der Waals surface area contributed by atoms with Gasteiger partial charge in [0.25, 0.3) is 11.8 Å². The van der Waals surface area contributed by atoms with Crippen LogP contribution in [0.1, 0.15) is 37.8 Å². The normalized spacial score (nSPS) is 20.6. The maximum Gasteiger partial charge on any atom is 0.254 e. The molecule has 0 aliphatic carbocycles. The summed E-state index contributed by atoms with van der Waals surface area (Å²) in [6, 6.07) is 12.6. The molecule has 0 bridgehead atoms. The largest absolute Gasteiger partial charge is 0.486 e. The fraction of sp³-hybridized carbons (Fsp3) is 0.333. The van der Waals surface area contributed by atoms with Crippen LogP contribution < -0.4 is 15.4 Å². The number of carbonyl (C=O) groups excluding carboxylic acids is 2. The highest BCUT2D eigenvalue weighted by Gasteiger charge is 2.39. The smallest absolute Gasteiger partial charge is 0.254 e. The Kier molecular flexibility index (Phi) is 5.00. The summed E-state index contributed by atoms with van der Waals surface area (Å²) in [6.07, 6.45) is -0.751. The van der Waals surface area contributed by atoms with E-state index in [-0.39, 0.29) is 23.4 Å². The van der Waals surface area contributed by atoms with E-state index in [1.54, 1.807) is 6.07 Å². The van der Waals surface area contributed by atoms with Crippen molar-refractivity contribution in [1.29, 1.82) is 0 Å². The number of benzene rings is 2. The van der Waals surface area contributed by atoms with Gasteiger partial charge in [-0.15, -0.1) is 0 Å². The SMILES string of the molecule is CNC(=O)c1cc(C(=O)NC2COC2)cc2c1O[C@H](CF)[C@H]2c1ccccc1. The van der Waals surface area contributed by atoms with Crippen molar-refractivity contribution >= 4 is 11.8 Å². The van der Waals surface area contributed by atoms with Crippen LogP contribution in [-0.2, 0) is 4.74 Å². The Morgan fingerprint density at radius 3 is 2.50 bits per heavy atom. The number of carbonyl (C=O) groups is 2. The molecule has 2 heterocycles. The van der Waals surface area contributed by atoms with Crippen LogP contribution in [0.15, 0.2) is 42.5 Å². The van der Waals surface area contributed by atoms with Crippen LogP contribution in [0.25, 0.3) is 0 Å². The third kappa shape index (κ3) is 3.22. The highest BCUT2D eigenvalue weighted by Crippen LogP contribution is 2.45. The van der Waals surface area contributed by atoms with Crippen LogP contribution in [0.3, 0.4) is 0 Å². The molecule has 4 rings (SSSR count). The molecule has 2 N–H and O–H groups in total. The standard InChI is InChI=1S/C21H21FN2O4/c1-23-21(26)16-8-13(20(25)24-14-10-27-11-14)7-15-18(12-5-3-2-4-6-12)17(9-22)28-19(15)16/h2-8,14,17-18H,9-11H2,1H3,(H,23,26)(H,24,25)/t17-,18+/m1/s1. The molecule has 28 heavy (non-hydrogen) atoms. The highest BCUT2D eigenvalue weighted by atomic mass is 19.1. The van der Waals surface area contributed by atoms with Gasteiger partial charge in [-0.05, 0) is 17.7 Å². The van der Waals surface area contributed by atoms with E-state index in [0.29, 0.717) is 30.1 Å². The minimum atomic E-state index is -0.751. The first-order valence-electron chi connectivity index (χ1n) is 9.18. The van der Waals surface area contributed by atoms with Gasteiger partial charge < -0.3 is 20.1 Å². The van der Waals surface area contributed by atoms with Crippen molar-refractivity contribution in [3.63, 3.8) is 0 Å². The van der Waals surface area contributed by atoms with Gasteiger partial charge in [0.1, 0.15) is 18.5 Å². The quantitative estimate of drug-likeness (QED) is 0.827. The van der Waals surface area contributed by atoms with Gasteiger partial charge in [-0.2, -0.15) is 0 Å². The van der Waals surface area contributed by atoms with E-state index in [2.05, 4.69) is 10.6 Å². The molecule has 2 aliphatic heterocycles. The van der Waals surface area contributed by atoms with Crippen LogP contribution in [0.2, 0.25) is 0 Å². The fourth-order valence-corrected chi connectivity index (χ4v) is 3.63. The second kappa shape index (κ2) is 7.59. The third-order valence-electron chi connectivity index (χ3n) is 5.11. The number of hydrogen-bond donors (Lipinski definition) is 2. The second-order valence-corrected chi connectivity index (χ2v) is 6.93. The number of halogens is 1. The van der Waals surface area contributed by atoms with Crippen molar-refractivity contribution in [2.24, 2.45) is 0 Å². The summed E-state index contributed by atoms with van der Waals surface area (Å²) in [5, 5.41) is 5.44. The first kappa shape index (κ1) is 18.4. The van der Waals surface area contributed by atoms with Gasteiger partial charge in [0, 0.05) is 18.2 Å². The zero-order valence-corrected chi connectivity index (χ0v) is 15.4. The maximum atomic E-state index is 13.8. The monoisotopic (exact) mass is 384 g/mol. The molecule has 0 unspecified atom stereocenters. The van der Waals surface area contributed by atoms with Gasteiger partial charge in [0.05, 0.1) is 30.7 Å². The van der Waals surface area contributed by atoms with Crippen molar-refractivity contribution in [1.82, 2.24) is 10.6 Å². The molecule has 2 aliphatic rings. The van der Waals surface area contributed by atoms with Crippen molar-refractivity contribution in [3.8, 4) is 5.75 Å². The van der Waals surface area contributed by atoms with E-state index in [0.717, 1.165) is 5.56 Å². The zero-order valence-electron chi connectivity index (χ0n) is 15.4. The van der Waals surface area contributed by atoms with E-state index in [1.165, 1.54) is 13.1 Å². The predicted octanol–water partition coefficient (Wildman–Crippen LogP) is 2.04. The number of nitrogens with one attached hydrogen (secondary N) is 2. The summed E-state index contributed by atoms with van der Waals surface area (Å²) in [7, 11) is 1.50. The maximum absolute atomic E-state index is 13.8. The lowest BCUT2D eigenvalue weighted by Crippen LogP contribution is -2.48. The summed E-state index contributed by atoms with van der Waals surface area (Å²) in [5.74, 6) is -0.746. The molecule has 0 saturated carbocycles. The number of hydrogen-bond acceptors (Lipinski definition) is 4. The number of ether oxygens (including phenoxy) is 2. The zero-order chi connectivity index (χ0) is 19.7. The van der Waals surface area contributed by atoms with E-state index < -0.39 is 18.7 Å². The molecule has 0 aromatic heterocycles. The van der Waals surface area contributed by atoms with Gasteiger partial charge in [0.15, 0.2) is 0 Å². The Labute approximate surface area is 162 Å². The van der Waals surface area contributed by atoms with Crippen molar-refractivity contribution < 1.29 is 23.5 Å². The average Bonchev–Trinajstić information content (AvgIpc) is 3.08. The Hall–Kier alpha value is -2.93. The number of fused-ring (bicyclic) bond motifs is 1. The molecule has 0 radical (unpaired) electrons. The molecule has 1 fully saturated rings. The van der Waals surface area contributed by atoms with Gasteiger partial charge in [-0.1, -0.05) is 30.3 Å². The lowest BCUT2D eigenvalue weighted by Gasteiger charge is -2.27. The fourth-order valence-electron chi connectivity index (χ4n) is 3.63. The number of alkyl halides is 1. The molecular weight excluding hydrogens is 363 g/mol. The summed E-state index contributed by atoms with van der Waals surface area (Å²) < 4.78 is 24.7. The van der Waals surface area contributed by atoms with Gasteiger partial charge in [-0.3, -0.25) is 9.59 Å². The second-order valence-electron chi connectivity index (χ2n) is 6.93. The molecule has 0 spiro atoms. The average molecular weight is 384 g/mol. The minimum absolute atomic E-state index is 0.0380. The molecule has 6 nitrogen and oxygen atoms in total. The van der Waals surface area contributed by atoms with E-state index in [9.17, 15) is 14.0 Å². The van der Waals surface area contributed by atoms with E-state index in [4.69, 9.17) is 9.47 Å². The number of amides is 2. The first-order chi connectivity index (χ1) is 13.6. The van der Waals surface area contributed by atoms with Crippen molar-refractivity contribution in [2.45, 2.75) is 18.1 Å². The predicted molar refractivity (Wildman–Crippen MR) is 101 cm³/mol. The van der Waals surface area contributed by atoms with Gasteiger partial charge in [0.2, 0.25) is 0 Å². The minimum Gasteiger partial charge on any atom is -0.486 e. The summed E-state index contributed by atoms with van der Waals surface area (Å²) in [5.41, 5.74) is 2.09. The Morgan fingerprint density at radius 1 is 1.14 bits per heavy atom. The van der Waals surface area contributed by atoms with Crippen molar-refractivity contribution in [2.75, 3.05) is 26.9 Å². The Morgan fingerprint density at radius 2 is 1.89 bits per heavy atom. The van der Waals surface area contributed by atoms with Crippen LogP contribution in [0.4, 0.5) is 4.39 Å². The van der Waals surface area contributed by atoms with Crippen molar-refractivity contribution in [3.05, 3.63) is 64.7 Å². The molecule has 2 atom stereocenters. The third-order valence-corrected chi connectivity index (χ3v) is 5.11. The Bertz CT molecular complexity index is 899. The van der Waals surface area contributed by atoms with E-state index >= 15 is 0 Å². The summed E-state index contributed by atoms with van der Waals surface area (Å²) in [4.78, 5) is 25.1. The van der Waals surface area contributed by atoms with Gasteiger partial charge in [-0.25, -0.2) is 4.39 Å². The lowest BCUT2D eigenvalue weighted by molar-refractivity contribution is -0.00346. The topological polar surface area (TPSA) is 76.7 Å². The van der Waals surface area contributed by atoms with Gasteiger partial charge >= 0.3 is 0 Å².